The first-order chi connectivity index (χ1) is 16.8. The summed E-state index contributed by atoms with van der Waals surface area (Å²) >= 11 is 6.44. The van der Waals surface area contributed by atoms with Crippen LogP contribution in [0.5, 0.6) is 11.5 Å². The Labute approximate surface area is 207 Å². The highest BCUT2D eigenvalue weighted by Crippen LogP contribution is 2.42. The number of carbonyl (C=O) groups is 1. The Bertz CT molecular complexity index is 1540. The zero-order valence-electron chi connectivity index (χ0n) is 19.8. The first-order valence-electron chi connectivity index (χ1n) is 11.2. The van der Waals surface area contributed by atoms with Crippen LogP contribution in [0.2, 0.25) is 5.02 Å². The molecule has 0 radical (unpaired) electrons. The largest absolute Gasteiger partial charge is 0.493 e. The van der Waals surface area contributed by atoms with Crippen LogP contribution in [0.4, 0.5) is 0 Å². The lowest BCUT2D eigenvalue weighted by Gasteiger charge is -2.26. The Morgan fingerprint density at radius 1 is 0.971 bits per heavy atom. The fourth-order valence-electron chi connectivity index (χ4n) is 4.86. The summed E-state index contributed by atoms with van der Waals surface area (Å²) in [7, 11) is 3.10. The third-order valence-corrected chi connectivity index (χ3v) is 6.80. The molecule has 6 nitrogen and oxygen atoms in total. The number of aryl methyl sites for hydroxylation is 2. The number of methoxy groups -OCH3 is 2. The van der Waals surface area contributed by atoms with Gasteiger partial charge in [0.05, 0.1) is 31.2 Å². The van der Waals surface area contributed by atoms with Crippen LogP contribution < -0.4 is 14.9 Å². The maximum atomic E-state index is 13.9. The van der Waals surface area contributed by atoms with Crippen molar-refractivity contribution in [3.05, 3.63) is 103 Å². The molecular formula is C28H24ClNO5. The van der Waals surface area contributed by atoms with Crippen LogP contribution in [0, 0.1) is 13.8 Å². The highest BCUT2D eigenvalue weighted by Gasteiger charge is 2.43. The minimum atomic E-state index is -0.685. The van der Waals surface area contributed by atoms with E-state index in [2.05, 4.69) is 0 Å². The van der Waals surface area contributed by atoms with Gasteiger partial charge >= 0.3 is 0 Å². The molecule has 1 aromatic heterocycles. The van der Waals surface area contributed by atoms with Crippen LogP contribution in [-0.2, 0) is 6.54 Å². The van der Waals surface area contributed by atoms with Crippen LogP contribution in [0.1, 0.15) is 44.4 Å². The van der Waals surface area contributed by atoms with Crippen molar-refractivity contribution >= 4 is 28.5 Å². The standard InChI is InChI=1S/C28H24ClNO5/c1-15-11-16(2)23-22(12-15)35-27-24(26(23)31)25(17-9-10-20(33-3)21(13-17)34-4)30(28(27)32)14-18-7-5-6-8-19(18)29/h5-13,25H,14H2,1-4H3. The Balaban J connectivity index is 1.77. The number of ether oxygens (including phenoxy) is 2. The molecule has 1 atom stereocenters. The Kier molecular flexibility index (Phi) is 5.77. The van der Waals surface area contributed by atoms with Gasteiger partial charge in [0.2, 0.25) is 5.76 Å². The summed E-state index contributed by atoms with van der Waals surface area (Å²) in [6.07, 6.45) is 0. The number of fused-ring (bicyclic) bond motifs is 2. The molecule has 1 aliphatic heterocycles. The van der Waals surface area contributed by atoms with E-state index in [9.17, 15) is 9.59 Å². The molecule has 0 bridgehead atoms. The lowest BCUT2D eigenvalue weighted by Crippen LogP contribution is -2.29. The second-order valence-electron chi connectivity index (χ2n) is 8.67. The second kappa shape index (κ2) is 8.78. The molecule has 0 saturated carbocycles. The van der Waals surface area contributed by atoms with Gasteiger partial charge < -0.3 is 18.8 Å². The highest BCUT2D eigenvalue weighted by atomic mass is 35.5. The summed E-state index contributed by atoms with van der Waals surface area (Å²) in [6.45, 7) is 4.01. The molecule has 7 heteroatoms. The van der Waals surface area contributed by atoms with E-state index < -0.39 is 6.04 Å². The maximum absolute atomic E-state index is 13.9. The van der Waals surface area contributed by atoms with Crippen molar-refractivity contribution in [2.45, 2.75) is 26.4 Å². The SMILES string of the molecule is COc1ccc(C2c3c(oc4cc(C)cc(C)c4c3=O)C(=O)N2Cc2ccccc2Cl)cc1OC. The predicted molar refractivity (Wildman–Crippen MR) is 135 cm³/mol. The van der Waals surface area contributed by atoms with Gasteiger partial charge in [-0.05, 0) is 60.4 Å². The number of hydrogen-bond acceptors (Lipinski definition) is 5. The summed E-state index contributed by atoms with van der Waals surface area (Å²) in [5.41, 5.74) is 3.74. The first kappa shape index (κ1) is 23.0. The highest BCUT2D eigenvalue weighted by molar-refractivity contribution is 6.31. The van der Waals surface area contributed by atoms with E-state index in [0.717, 1.165) is 16.7 Å². The van der Waals surface area contributed by atoms with Gasteiger partial charge in [-0.1, -0.05) is 41.9 Å². The molecule has 0 aliphatic carbocycles. The topological polar surface area (TPSA) is 69.0 Å². The van der Waals surface area contributed by atoms with Crippen LogP contribution in [0.15, 0.2) is 63.8 Å². The van der Waals surface area contributed by atoms with Gasteiger partial charge in [-0.3, -0.25) is 9.59 Å². The van der Waals surface area contributed by atoms with Gasteiger partial charge in [-0.25, -0.2) is 0 Å². The fraction of sp³-hybridized carbons (Fsp3) is 0.214. The molecule has 0 spiro atoms. The number of nitrogens with zero attached hydrogens (tertiary/aromatic N) is 1. The van der Waals surface area contributed by atoms with Crippen LogP contribution >= 0.6 is 11.6 Å². The van der Waals surface area contributed by atoms with E-state index in [4.69, 9.17) is 25.5 Å². The Morgan fingerprint density at radius 2 is 1.71 bits per heavy atom. The second-order valence-corrected chi connectivity index (χ2v) is 9.08. The average Bonchev–Trinajstić information content (AvgIpc) is 3.11. The molecule has 3 aromatic carbocycles. The molecule has 2 heterocycles. The van der Waals surface area contributed by atoms with Crippen molar-refractivity contribution in [2.24, 2.45) is 0 Å². The van der Waals surface area contributed by atoms with Gasteiger partial charge in [-0.15, -0.1) is 0 Å². The van der Waals surface area contributed by atoms with E-state index >= 15 is 0 Å². The summed E-state index contributed by atoms with van der Waals surface area (Å²) < 4.78 is 17.0. The normalized spacial score (nSPS) is 14.9. The molecule has 1 unspecified atom stereocenters. The van der Waals surface area contributed by atoms with E-state index in [0.29, 0.717) is 38.6 Å². The van der Waals surface area contributed by atoms with Crippen molar-refractivity contribution in [3.63, 3.8) is 0 Å². The smallest absolute Gasteiger partial charge is 0.291 e. The van der Waals surface area contributed by atoms with Crippen molar-refractivity contribution in [2.75, 3.05) is 14.2 Å². The number of hydrogen-bond donors (Lipinski definition) is 0. The third-order valence-electron chi connectivity index (χ3n) is 6.43. The molecule has 5 rings (SSSR count). The fourth-order valence-corrected chi connectivity index (χ4v) is 5.05. The van der Waals surface area contributed by atoms with Gasteiger partial charge in [0, 0.05) is 11.6 Å². The molecule has 0 saturated heterocycles. The van der Waals surface area contributed by atoms with E-state index in [1.54, 1.807) is 43.4 Å². The molecule has 0 N–H and O–H groups in total. The van der Waals surface area contributed by atoms with Crippen molar-refractivity contribution < 1.29 is 18.7 Å². The first-order valence-corrected chi connectivity index (χ1v) is 11.6. The summed E-state index contributed by atoms with van der Waals surface area (Å²) in [5, 5.41) is 1.02. The Morgan fingerprint density at radius 3 is 2.43 bits per heavy atom. The van der Waals surface area contributed by atoms with Crippen LogP contribution in [-0.4, -0.2) is 25.0 Å². The van der Waals surface area contributed by atoms with Crippen molar-refractivity contribution in [1.82, 2.24) is 4.90 Å². The van der Waals surface area contributed by atoms with Crippen molar-refractivity contribution in [1.29, 1.82) is 0 Å². The number of rotatable bonds is 5. The molecular weight excluding hydrogens is 466 g/mol. The molecule has 35 heavy (non-hydrogen) atoms. The molecule has 4 aromatic rings. The zero-order valence-corrected chi connectivity index (χ0v) is 20.6. The van der Waals surface area contributed by atoms with E-state index in [-0.39, 0.29) is 23.6 Å². The van der Waals surface area contributed by atoms with Crippen LogP contribution in [0.25, 0.3) is 11.0 Å². The molecule has 1 amide bonds. The maximum Gasteiger partial charge on any atom is 0.291 e. The minimum absolute atomic E-state index is 0.0549. The molecule has 1 aliphatic rings. The monoisotopic (exact) mass is 489 g/mol. The minimum Gasteiger partial charge on any atom is -0.493 e. The number of carbonyl (C=O) groups excluding carboxylic acids is 1. The third kappa shape index (κ3) is 3.74. The summed E-state index contributed by atoms with van der Waals surface area (Å²) in [6, 6.07) is 15.8. The molecule has 0 fully saturated rings. The predicted octanol–water partition coefficient (Wildman–Crippen LogP) is 5.83. The van der Waals surface area contributed by atoms with Gasteiger partial charge in [0.1, 0.15) is 5.58 Å². The van der Waals surface area contributed by atoms with Gasteiger partial charge in [0.15, 0.2) is 16.9 Å². The number of amides is 1. The lowest BCUT2D eigenvalue weighted by molar-refractivity contribution is 0.0714. The Hall–Kier alpha value is -3.77. The number of benzene rings is 3. The summed E-state index contributed by atoms with van der Waals surface area (Å²) in [4.78, 5) is 29.3. The van der Waals surface area contributed by atoms with Crippen LogP contribution in [0.3, 0.4) is 0 Å². The lowest BCUT2D eigenvalue weighted by atomic mass is 9.96. The van der Waals surface area contributed by atoms with Gasteiger partial charge in [-0.2, -0.15) is 0 Å². The average molecular weight is 490 g/mol. The zero-order chi connectivity index (χ0) is 24.9. The van der Waals surface area contributed by atoms with E-state index in [1.165, 1.54) is 0 Å². The van der Waals surface area contributed by atoms with Crippen molar-refractivity contribution in [3.8, 4) is 11.5 Å². The van der Waals surface area contributed by atoms with E-state index in [1.807, 2.05) is 44.2 Å². The molecule has 178 valence electrons. The number of halogens is 1. The quantitative estimate of drug-likeness (QED) is 0.353. The summed E-state index contributed by atoms with van der Waals surface area (Å²) in [5.74, 6) is 0.744. The van der Waals surface area contributed by atoms with Gasteiger partial charge in [0.25, 0.3) is 5.91 Å².